The molecule has 0 bridgehead atoms. The van der Waals surface area contributed by atoms with E-state index in [9.17, 15) is 4.79 Å². The molecule has 192 valence electrons. The highest BCUT2D eigenvalue weighted by molar-refractivity contribution is 6.30. The first-order valence-corrected chi connectivity index (χ1v) is 12.8. The Morgan fingerprint density at radius 2 is 1.84 bits per heavy atom. The zero-order chi connectivity index (χ0) is 26.2. The number of imidazole rings is 1. The fourth-order valence-electron chi connectivity index (χ4n) is 3.83. The number of hydrogen-bond acceptors (Lipinski definition) is 6. The zero-order valence-corrected chi connectivity index (χ0v) is 22.2. The number of hydrogen-bond donors (Lipinski definition) is 3. The van der Waals surface area contributed by atoms with Crippen molar-refractivity contribution in [1.82, 2.24) is 24.8 Å². The molecule has 4 rings (SSSR count). The van der Waals surface area contributed by atoms with Gasteiger partial charge in [0.15, 0.2) is 0 Å². The number of rotatable bonds is 11. The van der Waals surface area contributed by atoms with Crippen LogP contribution in [-0.2, 0) is 6.54 Å². The molecule has 0 saturated carbocycles. The van der Waals surface area contributed by atoms with Crippen molar-refractivity contribution in [2.75, 3.05) is 17.2 Å². The molecule has 0 spiro atoms. The third-order valence-electron chi connectivity index (χ3n) is 5.54. The van der Waals surface area contributed by atoms with Crippen molar-refractivity contribution in [1.29, 1.82) is 0 Å². The van der Waals surface area contributed by atoms with Gasteiger partial charge >= 0.3 is 0 Å². The van der Waals surface area contributed by atoms with Crippen molar-refractivity contribution >= 4 is 40.9 Å². The predicted molar refractivity (Wildman–Crippen MR) is 149 cm³/mol. The molecule has 0 unspecified atom stereocenters. The number of benzene rings is 2. The van der Waals surface area contributed by atoms with Gasteiger partial charge in [0.1, 0.15) is 18.0 Å². The van der Waals surface area contributed by atoms with Gasteiger partial charge in [-0.25, -0.2) is 4.98 Å². The summed E-state index contributed by atoms with van der Waals surface area (Å²) in [5.41, 5.74) is 1.57. The molecule has 8 nitrogen and oxygen atoms in total. The lowest BCUT2D eigenvalue weighted by Crippen LogP contribution is -2.37. The molecule has 10 heteroatoms. The van der Waals surface area contributed by atoms with Crippen LogP contribution in [0.15, 0.2) is 73.3 Å². The van der Waals surface area contributed by atoms with Crippen LogP contribution in [0.25, 0.3) is 5.82 Å². The van der Waals surface area contributed by atoms with Crippen LogP contribution in [0, 0.1) is 5.92 Å². The number of anilines is 2. The van der Waals surface area contributed by atoms with Gasteiger partial charge in [-0.2, -0.15) is 9.97 Å². The first-order valence-electron chi connectivity index (χ1n) is 12.0. The molecule has 0 aliphatic carbocycles. The third kappa shape index (κ3) is 7.93. The average molecular weight is 538 g/mol. The second kappa shape index (κ2) is 12.6. The highest BCUT2D eigenvalue weighted by Crippen LogP contribution is 2.18. The Morgan fingerprint density at radius 3 is 2.54 bits per heavy atom. The summed E-state index contributed by atoms with van der Waals surface area (Å²) in [5, 5.41) is 11.1. The zero-order valence-electron chi connectivity index (χ0n) is 20.7. The van der Waals surface area contributed by atoms with Gasteiger partial charge in [0.2, 0.25) is 5.95 Å². The summed E-state index contributed by atoms with van der Waals surface area (Å²) >= 11 is 12.1. The Hall–Kier alpha value is -3.62. The van der Waals surface area contributed by atoms with E-state index < -0.39 is 0 Å². The van der Waals surface area contributed by atoms with Crippen molar-refractivity contribution in [3.05, 3.63) is 94.5 Å². The summed E-state index contributed by atoms with van der Waals surface area (Å²) < 4.78 is 1.82. The van der Waals surface area contributed by atoms with Crippen molar-refractivity contribution < 1.29 is 4.79 Å². The van der Waals surface area contributed by atoms with E-state index in [1.54, 1.807) is 36.8 Å². The minimum atomic E-state index is -0.155. The van der Waals surface area contributed by atoms with Crippen LogP contribution in [0.2, 0.25) is 10.0 Å². The number of nitrogens with one attached hydrogen (secondary N) is 3. The van der Waals surface area contributed by atoms with E-state index in [-0.39, 0.29) is 11.9 Å². The van der Waals surface area contributed by atoms with Crippen LogP contribution in [0.1, 0.15) is 36.2 Å². The van der Waals surface area contributed by atoms with E-state index in [4.69, 9.17) is 28.2 Å². The number of carbonyl (C=O) groups is 1. The topological polar surface area (TPSA) is 96.8 Å². The molecule has 0 fully saturated rings. The number of amides is 1. The lowest BCUT2D eigenvalue weighted by Gasteiger charge is -2.22. The largest absolute Gasteiger partial charge is 0.365 e. The van der Waals surface area contributed by atoms with Crippen LogP contribution in [0.4, 0.5) is 11.8 Å². The predicted octanol–water partition coefficient (Wildman–Crippen LogP) is 5.84. The van der Waals surface area contributed by atoms with Gasteiger partial charge < -0.3 is 16.0 Å². The van der Waals surface area contributed by atoms with Crippen molar-refractivity contribution in [2.24, 2.45) is 5.92 Å². The van der Waals surface area contributed by atoms with Crippen molar-refractivity contribution in [3.63, 3.8) is 0 Å². The van der Waals surface area contributed by atoms with E-state index >= 15 is 0 Å². The molecule has 2 aromatic heterocycles. The van der Waals surface area contributed by atoms with Gasteiger partial charge in [0, 0.05) is 53.2 Å². The highest BCUT2D eigenvalue weighted by Gasteiger charge is 2.16. The van der Waals surface area contributed by atoms with Crippen LogP contribution < -0.4 is 16.0 Å². The van der Waals surface area contributed by atoms with E-state index in [0.29, 0.717) is 52.2 Å². The lowest BCUT2D eigenvalue weighted by molar-refractivity contribution is 0.0951. The van der Waals surface area contributed by atoms with Gasteiger partial charge in [0.25, 0.3) is 5.91 Å². The first-order chi connectivity index (χ1) is 17.9. The number of aromatic nitrogens is 4. The molecule has 2 heterocycles. The lowest BCUT2D eigenvalue weighted by atomic mass is 10.0. The first kappa shape index (κ1) is 26.4. The molecule has 3 N–H and O–H groups in total. The maximum atomic E-state index is 12.7. The van der Waals surface area contributed by atoms with E-state index in [2.05, 4.69) is 39.8 Å². The molecule has 1 amide bonds. The van der Waals surface area contributed by atoms with Gasteiger partial charge in [-0.1, -0.05) is 49.2 Å². The fourth-order valence-corrected chi connectivity index (χ4v) is 4.17. The maximum Gasteiger partial charge on any atom is 0.251 e. The third-order valence-corrected chi connectivity index (χ3v) is 6.03. The normalized spacial score (nSPS) is 11.8. The quantitative estimate of drug-likeness (QED) is 0.222. The average Bonchev–Trinajstić information content (AvgIpc) is 3.41. The smallest absolute Gasteiger partial charge is 0.251 e. The molecule has 0 saturated heterocycles. The number of carbonyl (C=O) groups excluding carboxylic acids is 1. The standard InChI is InChI=1S/C27H29Cl2N7O/c1-18(2)12-23(16-31-26(37)20-6-8-21(28)9-7-20)33-24-14-25(36-11-10-30-17-36)35-27(34-24)32-15-19-4-3-5-22(29)13-19/h3-11,13-14,17-18,23H,12,15-16H2,1-2H3,(H,31,37)(H2,32,33,34,35)/t23-/m1/s1. The molecule has 4 aromatic rings. The van der Waals surface area contributed by atoms with Crippen molar-refractivity contribution in [2.45, 2.75) is 32.9 Å². The maximum absolute atomic E-state index is 12.7. The van der Waals surface area contributed by atoms with Crippen LogP contribution in [0.5, 0.6) is 0 Å². The minimum Gasteiger partial charge on any atom is -0.365 e. The molecular formula is C27H29Cl2N7O. The number of nitrogens with zero attached hydrogens (tertiary/aromatic N) is 4. The van der Waals surface area contributed by atoms with E-state index in [1.807, 2.05) is 41.1 Å². The summed E-state index contributed by atoms with van der Waals surface area (Å²) in [4.78, 5) is 26.1. The molecular weight excluding hydrogens is 509 g/mol. The van der Waals surface area contributed by atoms with Crippen LogP contribution in [0.3, 0.4) is 0 Å². The Kier molecular flexibility index (Phi) is 8.98. The summed E-state index contributed by atoms with van der Waals surface area (Å²) in [6.07, 6.45) is 6.04. The molecule has 0 aliphatic rings. The van der Waals surface area contributed by atoms with Gasteiger partial charge in [-0.05, 0) is 54.3 Å². The Bertz CT molecular complexity index is 1310. The number of halogens is 2. The molecule has 0 aliphatic heterocycles. The van der Waals surface area contributed by atoms with E-state index in [0.717, 1.165) is 12.0 Å². The minimum absolute atomic E-state index is 0.0532. The Labute approximate surface area is 226 Å². The van der Waals surface area contributed by atoms with Gasteiger partial charge in [0.05, 0.1) is 0 Å². The summed E-state index contributed by atoms with van der Waals surface area (Å²) in [7, 11) is 0. The molecule has 37 heavy (non-hydrogen) atoms. The second-order valence-electron chi connectivity index (χ2n) is 9.08. The summed E-state index contributed by atoms with van der Waals surface area (Å²) in [5.74, 6) is 2.01. The second-order valence-corrected chi connectivity index (χ2v) is 9.95. The summed E-state index contributed by atoms with van der Waals surface area (Å²) in [6, 6.07) is 16.3. The molecule has 2 aromatic carbocycles. The van der Waals surface area contributed by atoms with Gasteiger partial charge in [-0.15, -0.1) is 0 Å². The fraction of sp³-hybridized carbons (Fsp3) is 0.259. The van der Waals surface area contributed by atoms with Crippen molar-refractivity contribution in [3.8, 4) is 5.82 Å². The van der Waals surface area contributed by atoms with E-state index in [1.165, 1.54) is 0 Å². The summed E-state index contributed by atoms with van der Waals surface area (Å²) in [6.45, 7) is 5.23. The molecule has 1 atom stereocenters. The highest BCUT2D eigenvalue weighted by atomic mass is 35.5. The van der Waals surface area contributed by atoms with Gasteiger partial charge in [-0.3, -0.25) is 9.36 Å². The Balaban J connectivity index is 1.51. The molecule has 0 radical (unpaired) electrons. The van der Waals surface area contributed by atoms with Crippen LogP contribution >= 0.6 is 23.2 Å². The SMILES string of the molecule is CC(C)C[C@H](CNC(=O)c1ccc(Cl)cc1)Nc1cc(-n2ccnc2)nc(NCc2cccc(Cl)c2)n1. The Morgan fingerprint density at radius 1 is 1.03 bits per heavy atom. The van der Waals surface area contributed by atoms with Crippen LogP contribution in [-0.4, -0.2) is 38.0 Å². The monoisotopic (exact) mass is 537 g/mol.